The monoisotopic (exact) mass is 331 g/mol. The summed E-state index contributed by atoms with van der Waals surface area (Å²) in [5.41, 5.74) is 0.589. The lowest BCUT2D eigenvalue weighted by molar-refractivity contribution is 0.0368. The van der Waals surface area contributed by atoms with E-state index >= 15 is 0 Å². The number of carbonyl (C=O) groups excluding carboxylic acids is 1. The minimum atomic E-state index is 0.0711. The molecule has 2 aliphatic rings. The molecule has 0 aromatic carbocycles. The minimum absolute atomic E-state index is 0.0711. The highest BCUT2D eigenvalue weighted by atomic mass is 32.1. The van der Waals surface area contributed by atoms with Crippen LogP contribution in [0, 0.1) is 6.92 Å². The van der Waals surface area contributed by atoms with Crippen LogP contribution in [-0.4, -0.2) is 52.9 Å². The van der Waals surface area contributed by atoms with Gasteiger partial charge >= 0.3 is 0 Å². The number of piperazine rings is 1. The molecule has 0 aliphatic carbocycles. The number of rotatable bonds is 2. The number of thiazole rings is 1. The van der Waals surface area contributed by atoms with E-state index in [0.717, 1.165) is 35.3 Å². The van der Waals surface area contributed by atoms with Gasteiger partial charge in [0.25, 0.3) is 5.91 Å². The fraction of sp³-hybridized carbons (Fsp3) is 0.529. The standard InChI is InChI=1S/C17H21N3O2S/c1-12-15(18-16(23-12)14-6-4-10-22-14)17(21)20-9-8-19-7-3-2-5-13(19)11-20/h4,6,10,13H,2-3,5,7-9,11H2,1H3. The van der Waals surface area contributed by atoms with E-state index in [0.29, 0.717) is 11.7 Å². The maximum absolute atomic E-state index is 12.9. The van der Waals surface area contributed by atoms with E-state index in [1.807, 2.05) is 24.0 Å². The molecule has 4 heterocycles. The zero-order valence-electron chi connectivity index (χ0n) is 13.3. The van der Waals surface area contributed by atoms with Crippen molar-refractivity contribution in [1.29, 1.82) is 0 Å². The summed E-state index contributed by atoms with van der Waals surface area (Å²) in [5.74, 6) is 0.802. The van der Waals surface area contributed by atoms with Crippen molar-refractivity contribution in [3.63, 3.8) is 0 Å². The fourth-order valence-corrected chi connectivity index (χ4v) is 4.46. The number of piperidine rings is 1. The van der Waals surface area contributed by atoms with Crippen molar-refractivity contribution in [2.24, 2.45) is 0 Å². The van der Waals surface area contributed by atoms with Crippen LogP contribution in [0.25, 0.3) is 10.8 Å². The van der Waals surface area contributed by atoms with Crippen LogP contribution < -0.4 is 0 Å². The van der Waals surface area contributed by atoms with Gasteiger partial charge in [0.1, 0.15) is 5.69 Å². The SMILES string of the molecule is Cc1sc(-c2ccco2)nc1C(=O)N1CCN2CCCCC2C1. The highest BCUT2D eigenvalue weighted by molar-refractivity contribution is 7.15. The molecule has 1 unspecified atom stereocenters. The Kier molecular flexibility index (Phi) is 3.95. The summed E-state index contributed by atoms with van der Waals surface area (Å²) in [4.78, 5) is 22.9. The van der Waals surface area contributed by atoms with E-state index < -0.39 is 0 Å². The third-order valence-electron chi connectivity index (χ3n) is 4.86. The summed E-state index contributed by atoms with van der Waals surface area (Å²) in [6, 6.07) is 4.26. The maximum atomic E-state index is 12.9. The van der Waals surface area contributed by atoms with Crippen molar-refractivity contribution in [1.82, 2.24) is 14.8 Å². The molecule has 2 aromatic rings. The Morgan fingerprint density at radius 1 is 1.35 bits per heavy atom. The predicted octanol–water partition coefficient (Wildman–Crippen LogP) is 3.02. The molecule has 0 radical (unpaired) electrons. The average molecular weight is 331 g/mol. The molecule has 1 atom stereocenters. The molecule has 6 heteroatoms. The average Bonchev–Trinajstić information content (AvgIpc) is 3.23. The molecule has 1 amide bonds. The molecule has 2 aliphatic heterocycles. The highest BCUT2D eigenvalue weighted by Gasteiger charge is 2.32. The molecule has 0 spiro atoms. The van der Waals surface area contributed by atoms with Gasteiger partial charge in [0.15, 0.2) is 10.8 Å². The maximum Gasteiger partial charge on any atom is 0.273 e. The van der Waals surface area contributed by atoms with Gasteiger partial charge in [-0.05, 0) is 38.4 Å². The van der Waals surface area contributed by atoms with Gasteiger partial charge in [-0.15, -0.1) is 11.3 Å². The van der Waals surface area contributed by atoms with Crippen LogP contribution in [0.3, 0.4) is 0 Å². The van der Waals surface area contributed by atoms with Crippen LogP contribution in [0.15, 0.2) is 22.8 Å². The highest BCUT2D eigenvalue weighted by Crippen LogP contribution is 2.29. The molecular weight excluding hydrogens is 310 g/mol. The van der Waals surface area contributed by atoms with Crippen LogP contribution in [0.4, 0.5) is 0 Å². The Labute approximate surface area is 139 Å². The number of aromatic nitrogens is 1. The Bertz CT molecular complexity index is 695. The fourth-order valence-electron chi connectivity index (χ4n) is 3.59. The summed E-state index contributed by atoms with van der Waals surface area (Å²) < 4.78 is 5.40. The van der Waals surface area contributed by atoms with Gasteiger partial charge < -0.3 is 9.32 Å². The summed E-state index contributed by atoms with van der Waals surface area (Å²) in [7, 11) is 0. The second kappa shape index (κ2) is 6.09. The molecule has 2 fully saturated rings. The Hall–Kier alpha value is -1.66. The van der Waals surface area contributed by atoms with Crippen LogP contribution in [0.1, 0.15) is 34.6 Å². The Balaban J connectivity index is 1.53. The predicted molar refractivity (Wildman–Crippen MR) is 89.7 cm³/mol. The first-order chi connectivity index (χ1) is 11.2. The topological polar surface area (TPSA) is 49.6 Å². The zero-order valence-corrected chi connectivity index (χ0v) is 14.1. The van der Waals surface area contributed by atoms with E-state index in [9.17, 15) is 4.79 Å². The Morgan fingerprint density at radius 3 is 3.09 bits per heavy atom. The van der Waals surface area contributed by atoms with E-state index in [2.05, 4.69) is 9.88 Å². The molecule has 4 rings (SSSR count). The molecule has 122 valence electrons. The van der Waals surface area contributed by atoms with Gasteiger partial charge in [0, 0.05) is 30.6 Å². The first-order valence-corrected chi connectivity index (χ1v) is 9.08. The lowest BCUT2D eigenvalue weighted by Gasteiger charge is -2.43. The zero-order chi connectivity index (χ0) is 15.8. The molecular formula is C17H21N3O2S. The van der Waals surface area contributed by atoms with Crippen LogP contribution in [0.2, 0.25) is 0 Å². The van der Waals surface area contributed by atoms with Crippen molar-refractivity contribution in [2.45, 2.75) is 32.2 Å². The van der Waals surface area contributed by atoms with Gasteiger partial charge in [-0.1, -0.05) is 6.42 Å². The van der Waals surface area contributed by atoms with Crippen molar-refractivity contribution in [3.8, 4) is 10.8 Å². The summed E-state index contributed by atoms with van der Waals surface area (Å²) in [6.45, 7) is 5.79. The molecule has 5 nitrogen and oxygen atoms in total. The number of hydrogen-bond donors (Lipinski definition) is 0. The van der Waals surface area contributed by atoms with Crippen LogP contribution >= 0.6 is 11.3 Å². The number of carbonyl (C=O) groups is 1. The van der Waals surface area contributed by atoms with Crippen molar-refractivity contribution < 1.29 is 9.21 Å². The van der Waals surface area contributed by atoms with Crippen LogP contribution in [0.5, 0.6) is 0 Å². The normalized spacial score (nSPS) is 22.1. The third kappa shape index (κ3) is 2.81. The number of fused-ring (bicyclic) bond motifs is 1. The molecule has 2 saturated heterocycles. The lowest BCUT2D eigenvalue weighted by atomic mass is 9.99. The van der Waals surface area contributed by atoms with Gasteiger partial charge in [-0.25, -0.2) is 4.98 Å². The smallest absolute Gasteiger partial charge is 0.273 e. The summed E-state index contributed by atoms with van der Waals surface area (Å²) in [6.07, 6.45) is 5.41. The molecule has 2 aromatic heterocycles. The first kappa shape index (κ1) is 14.9. The second-order valence-corrected chi connectivity index (χ2v) is 7.54. The second-order valence-electron chi connectivity index (χ2n) is 6.34. The largest absolute Gasteiger partial charge is 0.462 e. The summed E-state index contributed by atoms with van der Waals surface area (Å²) >= 11 is 1.52. The van der Waals surface area contributed by atoms with Gasteiger partial charge in [-0.2, -0.15) is 0 Å². The van der Waals surface area contributed by atoms with Crippen molar-refractivity contribution in [3.05, 3.63) is 29.0 Å². The summed E-state index contributed by atoms with van der Waals surface area (Å²) in [5, 5.41) is 0.784. The number of amides is 1. The quantitative estimate of drug-likeness (QED) is 0.849. The first-order valence-electron chi connectivity index (χ1n) is 8.27. The minimum Gasteiger partial charge on any atom is -0.462 e. The van der Waals surface area contributed by atoms with E-state index in [1.165, 1.54) is 37.1 Å². The van der Waals surface area contributed by atoms with Crippen molar-refractivity contribution in [2.75, 3.05) is 26.2 Å². The van der Waals surface area contributed by atoms with E-state index in [-0.39, 0.29) is 5.91 Å². The molecule has 0 bridgehead atoms. The molecule has 0 N–H and O–H groups in total. The van der Waals surface area contributed by atoms with E-state index in [4.69, 9.17) is 4.42 Å². The number of hydrogen-bond acceptors (Lipinski definition) is 5. The van der Waals surface area contributed by atoms with Gasteiger partial charge in [0.05, 0.1) is 6.26 Å². The number of nitrogens with zero attached hydrogens (tertiary/aromatic N) is 3. The molecule has 0 saturated carbocycles. The van der Waals surface area contributed by atoms with Gasteiger partial charge in [-0.3, -0.25) is 9.69 Å². The van der Waals surface area contributed by atoms with Crippen LogP contribution in [-0.2, 0) is 0 Å². The number of aryl methyl sites for hydroxylation is 1. The third-order valence-corrected chi connectivity index (χ3v) is 5.84. The van der Waals surface area contributed by atoms with Crippen molar-refractivity contribution >= 4 is 17.2 Å². The van der Waals surface area contributed by atoms with Gasteiger partial charge in [0.2, 0.25) is 0 Å². The molecule has 23 heavy (non-hydrogen) atoms. The van der Waals surface area contributed by atoms with E-state index in [1.54, 1.807) is 6.26 Å². The Morgan fingerprint density at radius 2 is 2.26 bits per heavy atom. The lowest BCUT2D eigenvalue weighted by Crippen LogP contribution is -2.56. The number of furan rings is 1.